The molecule has 2 aromatic rings. The first-order valence-electron chi connectivity index (χ1n) is 10.1. The highest BCUT2D eigenvalue weighted by atomic mass is 16.5. The highest BCUT2D eigenvalue weighted by Crippen LogP contribution is 2.62. The van der Waals surface area contributed by atoms with E-state index in [9.17, 15) is 4.79 Å². The smallest absolute Gasteiger partial charge is 0.283 e. The van der Waals surface area contributed by atoms with Gasteiger partial charge in [0.2, 0.25) is 5.88 Å². The molecule has 3 aliphatic rings. The van der Waals surface area contributed by atoms with Crippen LogP contribution >= 0.6 is 0 Å². The van der Waals surface area contributed by atoms with Gasteiger partial charge in [-0.3, -0.25) is 4.79 Å². The first-order valence-corrected chi connectivity index (χ1v) is 10.1. The molecule has 9 heteroatoms. The number of ketones is 1. The largest absolute Gasteiger partial charge is 0.487 e. The number of fused-ring (bicyclic) bond motifs is 3. The van der Waals surface area contributed by atoms with Crippen molar-refractivity contribution in [1.82, 2.24) is 9.97 Å². The molecule has 0 saturated carbocycles. The molecular formula is C22H24N4O5. The van der Waals surface area contributed by atoms with Crippen molar-refractivity contribution in [3.8, 4) is 11.6 Å². The Balaban J connectivity index is 1.53. The third-order valence-corrected chi connectivity index (χ3v) is 6.71. The summed E-state index contributed by atoms with van der Waals surface area (Å²) in [5, 5.41) is 0. The third-order valence-electron chi connectivity index (χ3n) is 6.71. The molecule has 0 unspecified atom stereocenters. The molecule has 1 aromatic heterocycles. The Labute approximate surface area is 179 Å². The molecule has 1 fully saturated rings. The fourth-order valence-corrected chi connectivity index (χ4v) is 4.78. The van der Waals surface area contributed by atoms with E-state index in [0.29, 0.717) is 31.5 Å². The molecule has 1 saturated heterocycles. The molecule has 4 heterocycles. The number of nitrogens with zero attached hydrogens (tertiary/aromatic N) is 3. The fourth-order valence-electron chi connectivity index (χ4n) is 4.78. The summed E-state index contributed by atoms with van der Waals surface area (Å²) >= 11 is 0. The van der Waals surface area contributed by atoms with E-state index in [2.05, 4.69) is 9.97 Å². The van der Waals surface area contributed by atoms with Crippen molar-refractivity contribution in [2.24, 2.45) is 16.1 Å². The van der Waals surface area contributed by atoms with E-state index in [1.54, 1.807) is 0 Å². The number of aliphatic imine (C=N–C) groups is 1. The van der Waals surface area contributed by atoms with Gasteiger partial charge in [0.15, 0.2) is 5.78 Å². The predicted octanol–water partition coefficient (Wildman–Crippen LogP) is 1.64. The Hall–Kier alpha value is -3.20. The van der Waals surface area contributed by atoms with Gasteiger partial charge in [0, 0.05) is 12.0 Å². The van der Waals surface area contributed by atoms with Crippen LogP contribution in [-0.2, 0) is 21.4 Å². The summed E-state index contributed by atoms with van der Waals surface area (Å²) in [7, 11) is 1.50. The van der Waals surface area contributed by atoms with Gasteiger partial charge in [-0.2, -0.15) is 0 Å². The van der Waals surface area contributed by atoms with Gasteiger partial charge in [-0.25, -0.2) is 15.0 Å². The second-order valence-corrected chi connectivity index (χ2v) is 8.66. The number of benzene rings is 1. The van der Waals surface area contributed by atoms with Crippen LogP contribution in [0.4, 0.5) is 0 Å². The lowest BCUT2D eigenvalue weighted by molar-refractivity contribution is -0.247. The van der Waals surface area contributed by atoms with Crippen LogP contribution in [0.2, 0.25) is 0 Å². The number of nitrogens with two attached hydrogens (primary N) is 1. The summed E-state index contributed by atoms with van der Waals surface area (Å²) in [6.45, 7) is 5.38. The summed E-state index contributed by atoms with van der Waals surface area (Å²) in [6, 6.07) is 5.89. The maximum atomic E-state index is 12.8. The van der Waals surface area contributed by atoms with Crippen molar-refractivity contribution in [3.05, 3.63) is 47.4 Å². The van der Waals surface area contributed by atoms with Crippen molar-refractivity contribution in [2.75, 3.05) is 26.9 Å². The van der Waals surface area contributed by atoms with Crippen LogP contribution in [0, 0.1) is 5.41 Å². The van der Waals surface area contributed by atoms with E-state index in [1.807, 2.05) is 32.0 Å². The van der Waals surface area contributed by atoms with Gasteiger partial charge < -0.3 is 24.7 Å². The van der Waals surface area contributed by atoms with Crippen LogP contribution in [0.25, 0.3) is 0 Å². The number of carbonyl (C=O) groups is 1. The van der Waals surface area contributed by atoms with Crippen LogP contribution < -0.4 is 15.2 Å². The monoisotopic (exact) mass is 424 g/mol. The van der Waals surface area contributed by atoms with Crippen molar-refractivity contribution in [2.45, 2.75) is 31.4 Å². The highest BCUT2D eigenvalue weighted by Gasteiger charge is 2.71. The highest BCUT2D eigenvalue weighted by molar-refractivity contribution is 5.95. The van der Waals surface area contributed by atoms with Gasteiger partial charge in [0.25, 0.3) is 6.02 Å². The fraction of sp³-hybridized carbons (Fsp3) is 0.455. The Morgan fingerprint density at radius 3 is 2.58 bits per heavy atom. The predicted molar refractivity (Wildman–Crippen MR) is 110 cm³/mol. The lowest BCUT2D eigenvalue weighted by Gasteiger charge is -2.61. The van der Waals surface area contributed by atoms with Crippen LogP contribution in [0.5, 0.6) is 11.6 Å². The van der Waals surface area contributed by atoms with Crippen LogP contribution in [0.1, 0.15) is 35.5 Å². The Morgan fingerprint density at radius 1 is 1.19 bits per heavy atom. The number of aromatic nitrogens is 2. The molecule has 1 atom stereocenters. The summed E-state index contributed by atoms with van der Waals surface area (Å²) in [5.74, 6) is 0.926. The zero-order valence-electron chi connectivity index (χ0n) is 17.7. The van der Waals surface area contributed by atoms with Crippen molar-refractivity contribution in [1.29, 1.82) is 0 Å². The number of methoxy groups -OCH3 is 1. The van der Waals surface area contributed by atoms with Gasteiger partial charge in [0.05, 0.1) is 38.1 Å². The average molecular weight is 424 g/mol. The van der Waals surface area contributed by atoms with Gasteiger partial charge in [-0.1, -0.05) is 6.07 Å². The number of hydrogen-bond donors (Lipinski definition) is 1. The Bertz CT molecular complexity index is 1080. The van der Waals surface area contributed by atoms with Crippen LogP contribution in [0.15, 0.2) is 35.6 Å². The maximum absolute atomic E-state index is 12.8. The molecule has 0 bridgehead atoms. The van der Waals surface area contributed by atoms with Gasteiger partial charge >= 0.3 is 0 Å². The summed E-state index contributed by atoms with van der Waals surface area (Å²) in [6.07, 6.45) is 3.01. The number of Topliss-reactive ketones (excluding diaryl/α,β-unsaturated/α-hetero) is 1. The lowest BCUT2D eigenvalue weighted by Crippen LogP contribution is -2.71. The third kappa shape index (κ3) is 2.72. The quantitative estimate of drug-likeness (QED) is 0.736. The van der Waals surface area contributed by atoms with Gasteiger partial charge in [-0.15, -0.1) is 0 Å². The van der Waals surface area contributed by atoms with E-state index >= 15 is 0 Å². The minimum absolute atomic E-state index is 0.145. The van der Waals surface area contributed by atoms with E-state index in [-0.39, 0.29) is 23.9 Å². The second kappa shape index (κ2) is 6.65. The summed E-state index contributed by atoms with van der Waals surface area (Å²) in [5.41, 5.74) is 6.25. The SMILES string of the molecule is COc1cnc(C(=O)Cc2ccc3c(c2)[C@]2(COC(N)=N2)C2(COC2)C(C)(C)O3)cn1. The molecule has 2 N–H and O–H groups in total. The summed E-state index contributed by atoms with van der Waals surface area (Å²) < 4.78 is 22.7. The summed E-state index contributed by atoms with van der Waals surface area (Å²) in [4.78, 5) is 25.8. The molecule has 3 aliphatic heterocycles. The molecule has 5 rings (SSSR count). The average Bonchev–Trinajstić information content (AvgIpc) is 3.09. The van der Waals surface area contributed by atoms with E-state index < -0.39 is 16.6 Å². The second-order valence-electron chi connectivity index (χ2n) is 8.66. The number of ether oxygens (including phenoxy) is 4. The number of amidine groups is 1. The Kier molecular flexibility index (Phi) is 4.23. The zero-order valence-corrected chi connectivity index (χ0v) is 17.7. The van der Waals surface area contributed by atoms with Crippen molar-refractivity contribution < 1.29 is 23.7 Å². The normalized spacial score (nSPS) is 24.5. The van der Waals surface area contributed by atoms with Crippen LogP contribution in [0.3, 0.4) is 0 Å². The number of hydrogen-bond acceptors (Lipinski definition) is 9. The standard InChI is InChI=1S/C22H24N4O5/c1-20(2)21(10-29-11-21)22(12-30-19(23)26-22)14-6-13(4-5-17(14)31-20)7-16(27)15-8-25-18(28-3)9-24-15/h4-6,8-9H,7,10-12H2,1-3H3,(H2,23,26)/t22-/m1/s1. The molecule has 2 spiro atoms. The minimum atomic E-state index is -0.731. The number of rotatable bonds is 4. The van der Waals surface area contributed by atoms with Crippen molar-refractivity contribution in [3.63, 3.8) is 0 Å². The molecule has 1 aromatic carbocycles. The molecule has 0 amide bonds. The van der Waals surface area contributed by atoms with E-state index in [4.69, 9.17) is 29.7 Å². The van der Waals surface area contributed by atoms with E-state index in [1.165, 1.54) is 19.5 Å². The first kappa shape index (κ1) is 19.7. The van der Waals surface area contributed by atoms with Gasteiger partial charge in [-0.05, 0) is 31.5 Å². The first-order chi connectivity index (χ1) is 14.8. The Morgan fingerprint density at radius 2 is 2.00 bits per heavy atom. The molecule has 162 valence electrons. The topological polar surface area (TPSA) is 118 Å². The zero-order chi connectivity index (χ0) is 21.9. The molecule has 31 heavy (non-hydrogen) atoms. The van der Waals surface area contributed by atoms with Crippen LogP contribution in [-0.4, -0.2) is 54.3 Å². The molecule has 0 aliphatic carbocycles. The lowest BCUT2D eigenvalue weighted by atomic mass is 9.55. The van der Waals surface area contributed by atoms with Crippen molar-refractivity contribution >= 4 is 11.8 Å². The molecular weight excluding hydrogens is 400 g/mol. The van der Waals surface area contributed by atoms with E-state index in [0.717, 1.165) is 11.1 Å². The minimum Gasteiger partial charge on any atom is -0.487 e. The molecule has 0 radical (unpaired) electrons. The maximum Gasteiger partial charge on any atom is 0.283 e. The molecule has 9 nitrogen and oxygen atoms in total. The van der Waals surface area contributed by atoms with Gasteiger partial charge in [0.1, 0.15) is 29.2 Å². The number of carbonyl (C=O) groups excluding carboxylic acids is 1.